The Morgan fingerprint density at radius 3 is 1.90 bits per heavy atom. The van der Waals surface area contributed by atoms with Crippen LogP contribution in [0.15, 0.2) is 120 Å². The first kappa shape index (κ1) is 17.5. The van der Waals surface area contributed by atoms with Gasteiger partial charge in [-0.2, -0.15) is 5.10 Å². The molecule has 0 atom stereocenters. The van der Waals surface area contributed by atoms with Crippen molar-refractivity contribution < 1.29 is 4.42 Å². The van der Waals surface area contributed by atoms with Gasteiger partial charge in [0, 0.05) is 34.5 Å². The predicted molar refractivity (Wildman–Crippen MR) is 126 cm³/mol. The van der Waals surface area contributed by atoms with E-state index in [1.807, 2.05) is 41.2 Å². The van der Waals surface area contributed by atoms with Crippen molar-refractivity contribution in [1.29, 1.82) is 0 Å². The SMILES string of the molecule is c1ccc(N(c2ccccc2)c2cccc3c2oc2c(-n4cccn4)cccc23)cc1. The zero-order valence-corrected chi connectivity index (χ0v) is 16.7. The number of nitrogens with zero attached hydrogens (tertiary/aromatic N) is 3. The van der Waals surface area contributed by atoms with Crippen LogP contribution in [0.25, 0.3) is 27.6 Å². The molecule has 0 fully saturated rings. The minimum atomic E-state index is 0.828. The normalized spacial score (nSPS) is 11.2. The Kier molecular flexibility index (Phi) is 4.06. The molecule has 0 unspecified atom stereocenters. The summed E-state index contributed by atoms with van der Waals surface area (Å²) in [6.45, 7) is 0. The summed E-state index contributed by atoms with van der Waals surface area (Å²) >= 11 is 0. The Morgan fingerprint density at radius 2 is 1.26 bits per heavy atom. The van der Waals surface area contributed by atoms with Crippen LogP contribution in [0.1, 0.15) is 0 Å². The van der Waals surface area contributed by atoms with Gasteiger partial charge in [0.2, 0.25) is 0 Å². The van der Waals surface area contributed by atoms with Crippen LogP contribution in [0.3, 0.4) is 0 Å². The van der Waals surface area contributed by atoms with E-state index in [0.29, 0.717) is 0 Å². The molecule has 0 bridgehead atoms. The number of rotatable bonds is 4. The van der Waals surface area contributed by atoms with E-state index in [2.05, 4.69) is 82.8 Å². The summed E-state index contributed by atoms with van der Waals surface area (Å²) < 4.78 is 8.40. The van der Waals surface area contributed by atoms with Crippen molar-refractivity contribution in [3.63, 3.8) is 0 Å². The standard InChI is InChI=1S/C27H19N3O/c1-3-10-20(11-4-1)30(21-12-5-2-6-13-21)25-17-8-15-23-22-14-7-16-24(26(22)31-27(23)25)29-19-9-18-28-29/h1-19H. The number of anilines is 3. The van der Waals surface area contributed by atoms with E-state index < -0.39 is 0 Å². The molecule has 0 aliphatic heterocycles. The van der Waals surface area contributed by atoms with Crippen LogP contribution in [0, 0.1) is 0 Å². The monoisotopic (exact) mass is 401 g/mol. The summed E-state index contributed by atoms with van der Waals surface area (Å²) in [7, 11) is 0. The van der Waals surface area contributed by atoms with Gasteiger partial charge in [-0.15, -0.1) is 0 Å². The second-order valence-corrected chi connectivity index (χ2v) is 7.37. The van der Waals surface area contributed by atoms with Gasteiger partial charge < -0.3 is 9.32 Å². The fraction of sp³-hybridized carbons (Fsp3) is 0. The fourth-order valence-electron chi connectivity index (χ4n) is 4.14. The van der Waals surface area contributed by atoms with Crippen molar-refractivity contribution in [2.24, 2.45) is 0 Å². The van der Waals surface area contributed by atoms with Gasteiger partial charge in [0.15, 0.2) is 11.2 Å². The first-order valence-corrected chi connectivity index (χ1v) is 10.2. The molecule has 2 aromatic heterocycles. The van der Waals surface area contributed by atoms with Gasteiger partial charge in [-0.1, -0.05) is 60.7 Å². The Morgan fingerprint density at radius 1 is 0.613 bits per heavy atom. The molecule has 0 amide bonds. The third-order valence-electron chi connectivity index (χ3n) is 5.50. The maximum atomic E-state index is 6.56. The van der Waals surface area contributed by atoms with Gasteiger partial charge >= 0.3 is 0 Å². The Bertz CT molecular complexity index is 1430. The molecule has 0 N–H and O–H groups in total. The quantitative estimate of drug-likeness (QED) is 0.312. The Hall–Kier alpha value is -4.31. The molecule has 0 aliphatic rings. The van der Waals surface area contributed by atoms with Gasteiger partial charge in [0.1, 0.15) is 5.69 Å². The second kappa shape index (κ2) is 7.18. The average Bonchev–Trinajstić information content (AvgIpc) is 3.49. The molecule has 0 aliphatic carbocycles. The second-order valence-electron chi connectivity index (χ2n) is 7.37. The van der Waals surface area contributed by atoms with E-state index >= 15 is 0 Å². The van der Waals surface area contributed by atoms with Crippen molar-refractivity contribution in [3.8, 4) is 5.69 Å². The molecule has 4 aromatic carbocycles. The van der Waals surface area contributed by atoms with Crippen molar-refractivity contribution in [2.75, 3.05) is 4.90 Å². The van der Waals surface area contributed by atoms with Crippen LogP contribution >= 0.6 is 0 Å². The van der Waals surface area contributed by atoms with E-state index in [1.165, 1.54) is 0 Å². The van der Waals surface area contributed by atoms with E-state index in [-0.39, 0.29) is 0 Å². The highest BCUT2D eigenvalue weighted by atomic mass is 16.3. The molecule has 148 valence electrons. The lowest BCUT2D eigenvalue weighted by Gasteiger charge is -2.25. The topological polar surface area (TPSA) is 34.2 Å². The molecule has 0 saturated carbocycles. The molecule has 31 heavy (non-hydrogen) atoms. The third-order valence-corrected chi connectivity index (χ3v) is 5.50. The zero-order chi connectivity index (χ0) is 20.6. The highest BCUT2D eigenvalue weighted by Gasteiger charge is 2.20. The van der Waals surface area contributed by atoms with Crippen LogP contribution in [0.5, 0.6) is 0 Å². The summed E-state index contributed by atoms with van der Waals surface area (Å²) in [4.78, 5) is 2.23. The number of furan rings is 1. The maximum Gasteiger partial charge on any atom is 0.161 e. The van der Waals surface area contributed by atoms with Gasteiger partial charge in [-0.25, -0.2) is 4.68 Å². The summed E-state index contributed by atoms with van der Waals surface area (Å²) in [5.74, 6) is 0. The molecule has 4 nitrogen and oxygen atoms in total. The van der Waals surface area contributed by atoms with E-state index in [9.17, 15) is 0 Å². The minimum Gasteiger partial charge on any atom is -0.452 e. The van der Waals surface area contributed by atoms with Gasteiger partial charge in [0.25, 0.3) is 0 Å². The smallest absolute Gasteiger partial charge is 0.161 e. The first-order valence-electron chi connectivity index (χ1n) is 10.2. The molecule has 0 saturated heterocycles. The number of para-hydroxylation sites is 4. The van der Waals surface area contributed by atoms with E-state index in [4.69, 9.17) is 4.42 Å². The lowest BCUT2D eigenvalue weighted by Crippen LogP contribution is -2.09. The fourth-order valence-corrected chi connectivity index (χ4v) is 4.14. The number of hydrogen-bond acceptors (Lipinski definition) is 3. The third kappa shape index (κ3) is 2.89. The van der Waals surface area contributed by atoms with Gasteiger partial charge in [-0.05, 0) is 42.5 Å². The van der Waals surface area contributed by atoms with E-state index in [1.54, 1.807) is 6.20 Å². The molecular weight excluding hydrogens is 382 g/mol. The van der Waals surface area contributed by atoms with Crippen molar-refractivity contribution in [2.45, 2.75) is 0 Å². The van der Waals surface area contributed by atoms with Crippen LogP contribution in [0.4, 0.5) is 17.1 Å². The van der Waals surface area contributed by atoms with Crippen molar-refractivity contribution in [1.82, 2.24) is 9.78 Å². The highest BCUT2D eigenvalue weighted by Crippen LogP contribution is 2.42. The molecule has 0 radical (unpaired) electrons. The lowest BCUT2D eigenvalue weighted by atomic mass is 10.1. The van der Waals surface area contributed by atoms with Crippen molar-refractivity contribution >= 4 is 39.0 Å². The number of benzene rings is 4. The number of fused-ring (bicyclic) bond motifs is 3. The summed E-state index contributed by atoms with van der Waals surface area (Å²) in [6, 6.07) is 35.2. The lowest BCUT2D eigenvalue weighted by molar-refractivity contribution is 0.662. The first-order chi connectivity index (χ1) is 15.4. The number of hydrogen-bond donors (Lipinski definition) is 0. The van der Waals surface area contributed by atoms with Gasteiger partial charge in [0.05, 0.1) is 5.69 Å². The van der Waals surface area contributed by atoms with Crippen LogP contribution in [-0.2, 0) is 0 Å². The molecule has 6 aromatic rings. The minimum absolute atomic E-state index is 0.828. The van der Waals surface area contributed by atoms with E-state index in [0.717, 1.165) is 44.7 Å². The summed E-state index contributed by atoms with van der Waals surface area (Å²) in [5.41, 5.74) is 5.76. The summed E-state index contributed by atoms with van der Waals surface area (Å²) in [5, 5.41) is 6.56. The zero-order valence-electron chi connectivity index (χ0n) is 16.7. The maximum absolute atomic E-state index is 6.56. The Balaban J connectivity index is 1.65. The molecule has 0 spiro atoms. The largest absolute Gasteiger partial charge is 0.452 e. The summed E-state index contributed by atoms with van der Waals surface area (Å²) in [6.07, 6.45) is 3.71. The molecule has 2 heterocycles. The Labute approximate surface area is 179 Å². The molecule has 6 rings (SSSR count). The average molecular weight is 401 g/mol. The van der Waals surface area contributed by atoms with Crippen molar-refractivity contribution in [3.05, 3.63) is 116 Å². The highest BCUT2D eigenvalue weighted by molar-refractivity contribution is 6.12. The van der Waals surface area contributed by atoms with Crippen LogP contribution < -0.4 is 4.90 Å². The molecule has 4 heteroatoms. The predicted octanol–water partition coefficient (Wildman–Crippen LogP) is 7.24. The van der Waals surface area contributed by atoms with Gasteiger partial charge in [-0.3, -0.25) is 0 Å². The van der Waals surface area contributed by atoms with Crippen LogP contribution in [-0.4, -0.2) is 9.78 Å². The molecular formula is C27H19N3O. The number of aromatic nitrogens is 2. The van der Waals surface area contributed by atoms with Crippen LogP contribution in [0.2, 0.25) is 0 Å².